The molecule has 1 aromatic rings. The second kappa shape index (κ2) is 3.78. The fourth-order valence-corrected chi connectivity index (χ4v) is 1.20. The van der Waals surface area contributed by atoms with E-state index in [0.717, 1.165) is 5.56 Å². The Morgan fingerprint density at radius 3 is 2.69 bits per heavy atom. The van der Waals surface area contributed by atoms with Crippen LogP contribution < -0.4 is 0 Å². The maximum atomic E-state index is 8.91. The number of nitriles is 1. The van der Waals surface area contributed by atoms with E-state index in [2.05, 4.69) is 6.07 Å². The lowest BCUT2D eigenvalue weighted by Gasteiger charge is -2.19. The first-order valence-electron chi connectivity index (χ1n) is 3.85. The van der Waals surface area contributed by atoms with Crippen molar-refractivity contribution in [2.45, 2.75) is 12.5 Å². The lowest BCUT2D eigenvalue weighted by Crippen LogP contribution is -2.21. The van der Waals surface area contributed by atoms with Crippen LogP contribution >= 0.6 is 11.6 Å². The van der Waals surface area contributed by atoms with Gasteiger partial charge in [-0.05, 0) is 24.6 Å². The quantitative estimate of drug-likeness (QED) is 0.727. The monoisotopic (exact) mass is 195 g/mol. The minimum Gasteiger partial charge on any atom is -0.359 e. The molecule has 0 bridgehead atoms. The van der Waals surface area contributed by atoms with E-state index >= 15 is 0 Å². The minimum absolute atomic E-state index is 0.607. The first-order chi connectivity index (χ1) is 6.12. The molecule has 0 aliphatic rings. The molecule has 0 amide bonds. The molecule has 1 unspecified atom stereocenters. The lowest BCUT2D eigenvalue weighted by molar-refractivity contribution is 0.0532. The molecule has 0 heterocycles. The third-order valence-electron chi connectivity index (χ3n) is 2.00. The summed E-state index contributed by atoms with van der Waals surface area (Å²) in [4.78, 5) is 0. The Hall–Kier alpha value is -1.04. The molecule has 0 spiro atoms. The number of halogens is 1. The summed E-state index contributed by atoms with van der Waals surface area (Å²) in [7, 11) is 1.50. The summed E-state index contributed by atoms with van der Waals surface area (Å²) in [5.41, 5.74) is -0.143. The molecule has 3 heteroatoms. The summed E-state index contributed by atoms with van der Waals surface area (Å²) < 4.78 is 5.11. The molecule has 1 aromatic carbocycles. The summed E-state index contributed by atoms with van der Waals surface area (Å²) >= 11 is 5.80. The molecular formula is C10H10ClNO. The number of ether oxygens (including phenoxy) is 1. The van der Waals surface area contributed by atoms with Crippen LogP contribution in [0.3, 0.4) is 0 Å². The molecule has 0 saturated heterocycles. The maximum Gasteiger partial charge on any atom is 0.176 e. The summed E-state index contributed by atoms with van der Waals surface area (Å²) in [6.07, 6.45) is 0. The van der Waals surface area contributed by atoms with E-state index in [1.165, 1.54) is 7.11 Å². The summed E-state index contributed by atoms with van der Waals surface area (Å²) in [6, 6.07) is 9.20. The molecule has 68 valence electrons. The van der Waals surface area contributed by atoms with Crippen LogP contribution in [0.1, 0.15) is 12.5 Å². The third-order valence-corrected chi connectivity index (χ3v) is 2.23. The second-order valence-electron chi connectivity index (χ2n) is 2.86. The molecule has 0 saturated carbocycles. The average molecular weight is 196 g/mol. The molecule has 0 aromatic heterocycles. The van der Waals surface area contributed by atoms with Crippen LogP contribution in [0.5, 0.6) is 0 Å². The van der Waals surface area contributed by atoms with Crippen molar-refractivity contribution in [2.24, 2.45) is 0 Å². The lowest BCUT2D eigenvalue weighted by atomic mass is 9.98. The molecule has 1 atom stereocenters. The van der Waals surface area contributed by atoms with Crippen LogP contribution in [-0.2, 0) is 10.3 Å². The number of benzene rings is 1. The normalized spacial score (nSPS) is 14.6. The number of rotatable bonds is 2. The Morgan fingerprint density at radius 1 is 1.54 bits per heavy atom. The van der Waals surface area contributed by atoms with E-state index < -0.39 is 5.60 Å². The van der Waals surface area contributed by atoms with Crippen molar-refractivity contribution in [3.63, 3.8) is 0 Å². The number of methoxy groups -OCH3 is 1. The zero-order valence-corrected chi connectivity index (χ0v) is 8.30. The Bertz CT molecular complexity index is 345. The van der Waals surface area contributed by atoms with Gasteiger partial charge < -0.3 is 4.74 Å². The standard InChI is InChI=1S/C10H10ClNO/c1-10(7-12,13-2)8-4-3-5-9(11)6-8/h3-6H,1-2H3. The van der Waals surface area contributed by atoms with Crippen LogP contribution in [0.15, 0.2) is 24.3 Å². The van der Waals surface area contributed by atoms with Crippen molar-refractivity contribution in [3.8, 4) is 6.07 Å². The zero-order valence-electron chi connectivity index (χ0n) is 7.54. The van der Waals surface area contributed by atoms with Crippen molar-refractivity contribution < 1.29 is 4.74 Å². The van der Waals surface area contributed by atoms with E-state index in [1.807, 2.05) is 6.07 Å². The van der Waals surface area contributed by atoms with Gasteiger partial charge in [0.05, 0.1) is 0 Å². The van der Waals surface area contributed by atoms with Gasteiger partial charge in [-0.2, -0.15) is 5.26 Å². The fraction of sp³-hybridized carbons (Fsp3) is 0.300. The Morgan fingerprint density at radius 2 is 2.23 bits per heavy atom. The van der Waals surface area contributed by atoms with Gasteiger partial charge >= 0.3 is 0 Å². The first kappa shape index (κ1) is 10.0. The second-order valence-corrected chi connectivity index (χ2v) is 3.30. The first-order valence-corrected chi connectivity index (χ1v) is 4.22. The minimum atomic E-state index is -0.912. The van der Waals surface area contributed by atoms with Crippen molar-refractivity contribution in [3.05, 3.63) is 34.9 Å². The SMILES string of the molecule is COC(C)(C#N)c1cccc(Cl)c1. The van der Waals surface area contributed by atoms with Crippen molar-refractivity contribution in [1.29, 1.82) is 5.26 Å². The number of nitrogens with zero attached hydrogens (tertiary/aromatic N) is 1. The summed E-state index contributed by atoms with van der Waals surface area (Å²) in [5, 5.41) is 9.52. The number of hydrogen-bond donors (Lipinski definition) is 0. The van der Waals surface area contributed by atoms with Gasteiger partial charge in [0.1, 0.15) is 6.07 Å². The molecule has 0 aliphatic carbocycles. The van der Waals surface area contributed by atoms with Crippen molar-refractivity contribution in [1.82, 2.24) is 0 Å². The average Bonchev–Trinajstić information content (AvgIpc) is 2.17. The van der Waals surface area contributed by atoms with Crippen molar-refractivity contribution in [2.75, 3.05) is 7.11 Å². The molecule has 13 heavy (non-hydrogen) atoms. The smallest absolute Gasteiger partial charge is 0.176 e. The molecule has 1 rings (SSSR count). The predicted octanol–water partition coefficient (Wildman–Crippen LogP) is 2.73. The highest BCUT2D eigenvalue weighted by atomic mass is 35.5. The molecule has 0 aliphatic heterocycles. The zero-order chi connectivity index (χ0) is 9.90. The molecule has 0 fully saturated rings. The third kappa shape index (κ3) is 2.00. The Kier molecular flexibility index (Phi) is 2.92. The van der Waals surface area contributed by atoms with E-state index in [-0.39, 0.29) is 0 Å². The van der Waals surface area contributed by atoms with Gasteiger partial charge in [-0.25, -0.2) is 0 Å². The van der Waals surface area contributed by atoms with Crippen LogP contribution in [0, 0.1) is 11.3 Å². The van der Waals surface area contributed by atoms with Crippen LogP contribution in [0.25, 0.3) is 0 Å². The van der Waals surface area contributed by atoms with E-state index in [9.17, 15) is 0 Å². The van der Waals surface area contributed by atoms with Gasteiger partial charge in [0, 0.05) is 12.1 Å². The summed E-state index contributed by atoms with van der Waals surface area (Å²) in [6.45, 7) is 1.71. The highest BCUT2D eigenvalue weighted by Crippen LogP contribution is 2.25. The van der Waals surface area contributed by atoms with E-state index in [1.54, 1.807) is 25.1 Å². The summed E-state index contributed by atoms with van der Waals surface area (Å²) in [5.74, 6) is 0. The van der Waals surface area contributed by atoms with Crippen LogP contribution in [0.2, 0.25) is 5.02 Å². The van der Waals surface area contributed by atoms with Gasteiger partial charge in [-0.3, -0.25) is 0 Å². The molecule has 0 N–H and O–H groups in total. The predicted molar refractivity (Wildman–Crippen MR) is 51.4 cm³/mol. The van der Waals surface area contributed by atoms with Crippen LogP contribution in [-0.4, -0.2) is 7.11 Å². The highest BCUT2D eigenvalue weighted by molar-refractivity contribution is 6.30. The molecule has 0 radical (unpaired) electrons. The van der Waals surface area contributed by atoms with Crippen LogP contribution in [0.4, 0.5) is 0 Å². The maximum absolute atomic E-state index is 8.91. The topological polar surface area (TPSA) is 33.0 Å². The van der Waals surface area contributed by atoms with Gasteiger partial charge in [0.25, 0.3) is 0 Å². The van der Waals surface area contributed by atoms with E-state index in [4.69, 9.17) is 21.6 Å². The molecular weight excluding hydrogens is 186 g/mol. The largest absolute Gasteiger partial charge is 0.359 e. The fourth-order valence-electron chi connectivity index (χ4n) is 1.01. The van der Waals surface area contributed by atoms with Crippen molar-refractivity contribution >= 4 is 11.6 Å². The van der Waals surface area contributed by atoms with Gasteiger partial charge in [0.15, 0.2) is 5.60 Å². The number of hydrogen-bond acceptors (Lipinski definition) is 2. The van der Waals surface area contributed by atoms with Gasteiger partial charge in [-0.15, -0.1) is 0 Å². The highest BCUT2D eigenvalue weighted by Gasteiger charge is 2.25. The van der Waals surface area contributed by atoms with Gasteiger partial charge in [0.2, 0.25) is 0 Å². The Labute approximate surface area is 82.7 Å². The van der Waals surface area contributed by atoms with Gasteiger partial charge in [-0.1, -0.05) is 23.7 Å². The van der Waals surface area contributed by atoms with E-state index in [0.29, 0.717) is 5.02 Å². The Balaban J connectivity index is 3.14. The molecule has 2 nitrogen and oxygen atoms in total.